The molecule has 0 saturated heterocycles. The minimum atomic E-state index is -4.34. The standard InChI is InChI=1S/C48H85N2O6P/c1-6-8-10-12-14-16-18-19-20-21-22-23-24-25-26-27-28-29-30-31-32-34-36-38-40-42-48(52)49-46(45-56-57(53,54)55-44-43-50(3,4)5)47(51)41-39-37-35-33-17-15-13-11-9-7-2/h8,10,14,16,19-20,22-23,25-26,28-29,39,41,46-47,51H,6-7,9,11-13,15,17-18,21,24,27,30-38,40,42-45H2,1-5H3,(H-,49,52,53,54)/p+1/b10-8-,16-14-,20-19-,23-22-,26-25-,29-28-,41-39+. The Morgan fingerprint density at radius 3 is 1.54 bits per heavy atom. The van der Waals surface area contributed by atoms with Crippen LogP contribution in [0.2, 0.25) is 0 Å². The molecule has 3 unspecified atom stereocenters. The van der Waals surface area contributed by atoms with Crippen molar-refractivity contribution in [3.63, 3.8) is 0 Å². The number of allylic oxidation sites excluding steroid dienone is 13. The lowest BCUT2D eigenvalue weighted by Crippen LogP contribution is -2.45. The van der Waals surface area contributed by atoms with Crippen molar-refractivity contribution < 1.29 is 32.9 Å². The van der Waals surface area contributed by atoms with Gasteiger partial charge >= 0.3 is 7.82 Å². The van der Waals surface area contributed by atoms with Gasteiger partial charge in [0.2, 0.25) is 5.91 Å². The number of phosphoric acid groups is 1. The molecule has 3 N–H and O–H groups in total. The molecule has 0 spiro atoms. The highest BCUT2D eigenvalue weighted by molar-refractivity contribution is 7.47. The van der Waals surface area contributed by atoms with Gasteiger partial charge in [-0.05, 0) is 70.6 Å². The summed E-state index contributed by atoms with van der Waals surface area (Å²) in [6.45, 7) is 4.64. The van der Waals surface area contributed by atoms with E-state index in [1.165, 1.54) is 51.4 Å². The number of amides is 1. The van der Waals surface area contributed by atoms with E-state index in [0.29, 0.717) is 17.4 Å². The van der Waals surface area contributed by atoms with E-state index in [2.05, 4.69) is 92.1 Å². The Bertz CT molecular complexity index is 1200. The van der Waals surface area contributed by atoms with Gasteiger partial charge in [0.25, 0.3) is 0 Å². The molecule has 0 fully saturated rings. The molecule has 0 saturated carbocycles. The fourth-order valence-corrected chi connectivity index (χ4v) is 6.54. The second-order valence-electron chi connectivity index (χ2n) is 16.0. The lowest BCUT2D eigenvalue weighted by Gasteiger charge is -2.25. The van der Waals surface area contributed by atoms with E-state index in [0.717, 1.165) is 89.9 Å². The molecule has 328 valence electrons. The Hall–Kier alpha value is -2.32. The van der Waals surface area contributed by atoms with Crippen LogP contribution >= 0.6 is 7.82 Å². The van der Waals surface area contributed by atoms with Gasteiger partial charge in [-0.2, -0.15) is 0 Å². The van der Waals surface area contributed by atoms with Gasteiger partial charge in [-0.15, -0.1) is 0 Å². The topological polar surface area (TPSA) is 105 Å². The molecule has 0 aliphatic rings. The first kappa shape index (κ1) is 54.7. The largest absolute Gasteiger partial charge is 0.472 e. The number of quaternary nitrogens is 1. The average molecular weight is 818 g/mol. The molecule has 0 aliphatic carbocycles. The second kappa shape index (κ2) is 39.2. The van der Waals surface area contributed by atoms with E-state index in [1.807, 2.05) is 27.2 Å². The first-order valence-corrected chi connectivity index (χ1v) is 24.0. The maximum atomic E-state index is 12.8. The van der Waals surface area contributed by atoms with Crippen LogP contribution in [0, 0.1) is 0 Å². The Labute approximate surface area is 350 Å². The third kappa shape index (κ3) is 41.6. The van der Waals surface area contributed by atoms with E-state index < -0.39 is 20.0 Å². The second-order valence-corrected chi connectivity index (χ2v) is 17.5. The normalized spacial score (nSPS) is 15.1. The summed E-state index contributed by atoms with van der Waals surface area (Å²) in [6, 6.07) is -0.858. The molecule has 3 atom stereocenters. The van der Waals surface area contributed by atoms with Crippen molar-refractivity contribution in [3.05, 3.63) is 85.1 Å². The van der Waals surface area contributed by atoms with E-state index in [1.54, 1.807) is 6.08 Å². The zero-order valence-corrected chi connectivity index (χ0v) is 37.9. The van der Waals surface area contributed by atoms with Gasteiger partial charge < -0.3 is 19.8 Å². The van der Waals surface area contributed by atoms with Crippen LogP contribution in [0.15, 0.2) is 85.1 Å². The van der Waals surface area contributed by atoms with Crippen LogP contribution in [-0.2, 0) is 18.4 Å². The number of nitrogens with zero attached hydrogens (tertiary/aromatic N) is 1. The van der Waals surface area contributed by atoms with E-state index in [-0.39, 0.29) is 19.1 Å². The maximum Gasteiger partial charge on any atom is 0.472 e. The molecular weight excluding hydrogens is 732 g/mol. The van der Waals surface area contributed by atoms with Crippen LogP contribution in [0.5, 0.6) is 0 Å². The van der Waals surface area contributed by atoms with Gasteiger partial charge in [0.15, 0.2) is 0 Å². The molecule has 57 heavy (non-hydrogen) atoms. The van der Waals surface area contributed by atoms with Crippen molar-refractivity contribution in [1.29, 1.82) is 0 Å². The smallest absolute Gasteiger partial charge is 0.387 e. The summed E-state index contributed by atoms with van der Waals surface area (Å²) < 4.78 is 23.5. The predicted octanol–water partition coefficient (Wildman–Crippen LogP) is 12.6. The molecule has 0 bridgehead atoms. The monoisotopic (exact) mass is 818 g/mol. The van der Waals surface area contributed by atoms with Crippen LogP contribution in [0.25, 0.3) is 0 Å². The summed E-state index contributed by atoms with van der Waals surface area (Å²) >= 11 is 0. The van der Waals surface area contributed by atoms with Crippen molar-refractivity contribution in [2.45, 2.75) is 174 Å². The fraction of sp³-hybridized carbons (Fsp3) is 0.688. The average Bonchev–Trinajstić information content (AvgIpc) is 3.16. The molecule has 0 aliphatic heterocycles. The van der Waals surface area contributed by atoms with E-state index >= 15 is 0 Å². The van der Waals surface area contributed by atoms with Crippen LogP contribution in [0.4, 0.5) is 0 Å². The van der Waals surface area contributed by atoms with Crippen molar-refractivity contribution in [2.24, 2.45) is 0 Å². The van der Waals surface area contributed by atoms with Gasteiger partial charge in [-0.1, -0.05) is 170 Å². The zero-order chi connectivity index (χ0) is 42.1. The molecule has 0 radical (unpaired) electrons. The summed E-state index contributed by atoms with van der Waals surface area (Å²) in [7, 11) is 1.54. The number of carbonyl (C=O) groups excluding carboxylic acids is 1. The highest BCUT2D eigenvalue weighted by Gasteiger charge is 2.27. The van der Waals surface area contributed by atoms with Crippen molar-refractivity contribution in [3.8, 4) is 0 Å². The highest BCUT2D eigenvalue weighted by atomic mass is 31.2. The summed E-state index contributed by atoms with van der Waals surface area (Å²) in [6.07, 6.45) is 53.7. The number of hydrogen-bond acceptors (Lipinski definition) is 5. The first-order valence-electron chi connectivity index (χ1n) is 22.5. The van der Waals surface area contributed by atoms with Crippen molar-refractivity contribution in [1.82, 2.24) is 5.32 Å². The van der Waals surface area contributed by atoms with Gasteiger partial charge in [-0.3, -0.25) is 13.8 Å². The lowest BCUT2D eigenvalue weighted by molar-refractivity contribution is -0.870. The van der Waals surface area contributed by atoms with Gasteiger partial charge in [-0.25, -0.2) is 4.57 Å². The first-order chi connectivity index (χ1) is 27.5. The van der Waals surface area contributed by atoms with Crippen LogP contribution in [-0.4, -0.2) is 73.4 Å². The van der Waals surface area contributed by atoms with Crippen LogP contribution in [0.1, 0.15) is 162 Å². The molecule has 0 aromatic carbocycles. The number of rotatable bonds is 39. The van der Waals surface area contributed by atoms with E-state index in [9.17, 15) is 19.4 Å². The number of aliphatic hydroxyl groups excluding tert-OH is 1. The number of likely N-dealkylation sites (N-methyl/N-ethyl adjacent to an activating group) is 1. The molecule has 1 amide bonds. The molecule has 0 aromatic rings. The Kier molecular flexibility index (Phi) is 37.6. The van der Waals surface area contributed by atoms with Crippen LogP contribution in [0.3, 0.4) is 0 Å². The van der Waals surface area contributed by atoms with Crippen LogP contribution < -0.4 is 5.32 Å². The van der Waals surface area contributed by atoms with Gasteiger partial charge in [0, 0.05) is 6.42 Å². The summed E-state index contributed by atoms with van der Waals surface area (Å²) in [5.74, 6) is -0.199. The SMILES string of the molecule is CC/C=C\C/C=C\C/C=C\C/C=C\C/C=C\C/C=C\CCCCCCCCC(=O)NC(COP(=O)(O)OCC[N+](C)(C)C)C(O)/C=C/CCCCCCCCCC. The number of unbranched alkanes of at least 4 members (excludes halogenated alkanes) is 14. The van der Waals surface area contributed by atoms with E-state index in [4.69, 9.17) is 9.05 Å². The fourth-order valence-electron chi connectivity index (χ4n) is 5.81. The summed E-state index contributed by atoms with van der Waals surface area (Å²) in [5.41, 5.74) is 0. The van der Waals surface area contributed by atoms with Gasteiger partial charge in [0.1, 0.15) is 13.2 Å². The molecular formula is C48H86N2O6P+. The van der Waals surface area contributed by atoms with Crippen molar-refractivity contribution >= 4 is 13.7 Å². The minimum Gasteiger partial charge on any atom is -0.387 e. The Morgan fingerprint density at radius 1 is 0.614 bits per heavy atom. The van der Waals surface area contributed by atoms with Gasteiger partial charge in [0.05, 0.1) is 39.9 Å². The third-order valence-electron chi connectivity index (χ3n) is 9.37. The number of carbonyl (C=O) groups is 1. The molecule has 0 aromatic heterocycles. The third-order valence-corrected chi connectivity index (χ3v) is 10.4. The minimum absolute atomic E-state index is 0.0534. The molecule has 8 nitrogen and oxygen atoms in total. The molecule has 0 heterocycles. The Balaban J connectivity index is 4.34. The molecule has 9 heteroatoms. The summed E-state index contributed by atoms with van der Waals surface area (Å²) in [5, 5.41) is 13.8. The van der Waals surface area contributed by atoms with Crippen molar-refractivity contribution in [2.75, 3.05) is 40.9 Å². The predicted molar refractivity (Wildman–Crippen MR) is 244 cm³/mol. The summed E-state index contributed by atoms with van der Waals surface area (Å²) in [4.78, 5) is 23.1. The number of hydrogen-bond donors (Lipinski definition) is 3. The number of aliphatic hydroxyl groups is 1. The number of nitrogens with one attached hydrogen (secondary N) is 1. The zero-order valence-electron chi connectivity index (χ0n) is 37.0. The Morgan fingerprint density at radius 2 is 1.05 bits per heavy atom. The molecule has 0 rings (SSSR count). The maximum absolute atomic E-state index is 12.8. The lowest BCUT2D eigenvalue weighted by atomic mass is 10.1. The number of phosphoric ester groups is 1. The quantitative estimate of drug-likeness (QED) is 0.0247. The highest BCUT2D eigenvalue weighted by Crippen LogP contribution is 2.43.